The highest BCUT2D eigenvalue weighted by Gasteiger charge is 2.27. The highest BCUT2D eigenvalue weighted by Crippen LogP contribution is 2.20. The summed E-state index contributed by atoms with van der Waals surface area (Å²) in [5, 5.41) is 2.70. The van der Waals surface area contributed by atoms with Crippen molar-refractivity contribution < 1.29 is 14.3 Å². The smallest absolute Gasteiger partial charge is 0.408 e. The van der Waals surface area contributed by atoms with Crippen LogP contribution >= 0.6 is 0 Å². The number of benzene rings is 1. The molecule has 0 bridgehead atoms. The second-order valence-corrected chi connectivity index (χ2v) is 6.65. The quantitative estimate of drug-likeness (QED) is 0.809. The van der Waals surface area contributed by atoms with Gasteiger partial charge in [-0.05, 0) is 51.7 Å². The van der Waals surface area contributed by atoms with Crippen LogP contribution in [0.5, 0.6) is 0 Å². The number of hydrogen-bond donors (Lipinski definition) is 1. The van der Waals surface area contributed by atoms with Crippen LogP contribution in [0.3, 0.4) is 0 Å². The summed E-state index contributed by atoms with van der Waals surface area (Å²) < 4.78 is 5.22. The van der Waals surface area contributed by atoms with Gasteiger partial charge in [-0.1, -0.05) is 23.8 Å². The molecule has 0 unspecified atom stereocenters. The van der Waals surface area contributed by atoms with Crippen LogP contribution in [0.25, 0.3) is 0 Å². The molecule has 0 aromatic heterocycles. The van der Waals surface area contributed by atoms with E-state index in [0.29, 0.717) is 12.8 Å². The van der Waals surface area contributed by atoms with E-state index in [2.05, 4.69) is 11.4 Å². The third-order valence-electron chi connectivity index (χ3n) is 3.51. The number of rotatable bonds is 1. The molecule has 0 heterocycles. The number of ketones is 1. The van der Waals surface area contributed by atoms with Gasteiger partial charge in [-0.2, -0.15) is 0 Å². The number of hydrogen-bond acceptors (Lipinski definition) is 3. The molecule has 2 rings (SSSR count). The molecule has 0 radical (unpaired) electrons. The second kappa shape index (κ2) is 5.88. The highest BCUT2D eigenvalue weighted by molar-refractivity contribution is 5.89. The fraction of sp³-hybridized carbons (Fsp3) is 0.529. The number of fused-ring (bicyclic) bond motifs is 1. The van der Waals surface area contributed by atoms with Crippen LogP contribution in [0.1, 0.15) is 43.9 Å². The van der Waals surface area contributed by atoms with E-state index in [9.17, 15) is 9.59 Å². The van der Waals surface area contributed by atoms with Gasteiger partial charge in [0.1, 0.15) is 5.60 Å². The monoisotopic (exact) mass is 289 g/mol. The summed E-state index contributed by atoms with van der Waals surface area (Å²) in [5.41, 5.74) is 2.91. The lowest BCUT2D eigenvalue weighted by Gasteiger charge is -2.22. The van der Waals surface area contributed by atoms with Gasteiger partial charge in [-0.3, -0.25) is 4.79 Å². The summed E-state index contributed by atoms with van der Waals surface area (Å²) in [6, 6.07) is 5.69. The number of Topliss-reactive ketones (excluding diaryl/α,β-unsaturated/α-hetero) is 1. The summed E-state index contributed by atoms with van der Waals surface area (Å²) >= 11 is 0. The first-order valence-corrected chi connectivity index (χ1v) is 7.35. The number of ether oxygens (including phenoxy) is 1. The maximum Gasteiger partial charge on any atom is 0.408 e. The largest absolute Gasteiger partial charge is 0.444 e. The van der Waals surface area contributed by atoms with Crippen LogP contribution in [0.2, 0.25) is 0 Å². The molecule has 0 saturated heterocycles. The fourth-order valence-corrected chi connectivity index (χ4v) is 2.53. The molecule has 1 aromatic rings. The lowest BCUT2D eigenvalue weighted by molar-refractivity contribution is -0.120. The van der Waals surface area contributed by atoms with E-state index in [-0.39, 0.29) is 5.78 Å². The molecule has 1 aromatic carbocycles. The van der Waals surface area contributed by atoms with Gasteiger partial charge >= 0.3 is 6.09 Å². The third-order valence-corrected chi connectivity index (χ3v) is 3.51. The predicted molar refractivity (Wildman–Crippen MR) is 81.4 cm³/mol. The van der Waals surface area contributed by atoms with E-state index in [1.165, 1.54) is 11.1 Å². The highest BCUT2D eigenvalue weighted by atomic mass is 16.6. The van der Waals surface area contributed by atoms with Crippen molar-refractivity contribution in [3.8, 4) is 0 Å². The number of nitrogens with one attached hydrogen (secondary N) is 1. The summed E-state index contributed by atoms with van der Waals surface area (Å²) in [6.45, 7) is 7.46. The Kier molecular flexibility index (Phi) is 4.35. The van der Waals surface area contributed by atoms with Crippen molar-refractivity contribution in [3.63, 3.8) is 0 Å². The average molecular weight is 289 g/mol. The van der Waals surface area contributed by atoms with Crippen LogP contribution in [-0.2, 0) is 22.4 Å². The van der Waals surface area contributed by atoms with Crippen LogP contribution in [0, 0.1) is 6.92 Å². The SMILES string of the molecule is Cc1ccc2c(c1)CC[C@@H](NC(=O)OC(C)(C)C)C(=O)C2. The van der Waals surface area contributed by atoms with Crippen LogP contribution in [0.15, 0.2) is 18.2 Å². The zero-order valence-corrected chi connectivity index (χ0v) is 13.2. The number of amides is 1. The number of carbonyl (C=O) groups is 2. The molecule has 4 nitrogen and oxygen atoms in total. The first-order valence-electron chi connectivity index (χ1n) is 7.35. The minimum absolute atomic E-state index is 0.0449. The minimum atomic E-state index is -0.558. The molecule has 1 aliphatic rings. The van der Waals surface area contributed by atoms with Crippen LogP contribution in [0.4, 0.5) is 4.79 Å². The molecule has 1 atom stereocenters. The van der Waals surface area contributed by atoms with Gasteiger partial charge < -0.3 is 10.1 Å². The van der Waals surface area contributed by atoms with E-state index in [1.807, 2.05) is 19.1 Å². The van der Waals surface area contributed by atoms with Crippen molar-refractivity contribution in [2.45, 2.75) is 58.6 Å². The van der Waals surface area contributed by atoms with Crippen molar-refractivity contribution in [2.75, 3.05) is 0 Å². The van der Waals surface area contributed by atoms with E-state index in [0.717, 1.165) is 12.0 Å². The molecular formula is C17H23NO3. The maximum atomic E-state index is 12.3. The average Bonchev–Trinajstić information content (AvgIpc) is 2.48. The van der Waals surface area contributed by atoms with E-state index < -0.39 is 17.7 Å². The lowest BCUT2D eigenvalue weighted by atomic mass is 10.0. The first-order chi connectivity index (χ1) is 9.74. The molecule has 114 valence electrons. The molecule has 1 aliphatic carbocycles. The fourth-order valence-electron chi connectivity index (χ4n) is 2.53. The Bertz CT molecular complexity index is 558. The first kappa shape index (κ1) is 15.5. The van der Waals surface area contributed by atoms with Crippen LogP contribution < -0.4 is 5.32 Å². The third kappa shape index (κ3) is 4.31. The zero-order valence-electron chi connectivity index (χ0n) is 13.2. The van der Waals surface area contributed by atoms with Crippen molar-refractivity contribution in [3.05, 3.63) is 34.9 Å². The maximum absolute atomic E-state index is 12.3. The molecule has 0 saturated carbocycles. The number of aryl methyl sites for hydroxylation is 2. The Morgan fingerprint density at radius 1 is 1.29 bits per heavy atom. The van der Waals surface area contributed by atoms with Crippen molar-refractivity contribution in [1.82, 2.24) is 5.32 Å². The normalized spacial score (nSPS) is 18.7. The van der Waals surface area contributed by atoms with Crippen LogP contribution in [-0.4, -0.2) is 23.5 Å². The summed E-state index contributed by atoms with van der Waals surface area (Å²) in [6.07, 6.45) is 1.26. The van der Waals surface area contributed by atoms with E-state index in [1.54, 1.807) is 20.8 Å². The van der Waals surface area contributed by atoms with E-state index >= 15 is 0 Å². The van der Waals surface area contributed by atoms with Gasteiger partial charge in [0.25, 0.3) is 0 Å². The standard InChI is InChI=1S/C17H23NO3/c1-11-5-6-13-10-15(19)14(8-7-12(13)9-11)18-16(20)21-17(2,3)4/h5-6,9,14H,7-8,10H2,1-4H3,(H,18,20)/t14-/m1/s1. The summed E-state index contributed by atoms with van der Waals surface area (Å²) in [4.78, 5) is 24.1. The van der Waals surface area contributed by atoms with Gasteiger partial charge in [0.2, 0.25) is 0 Å². The molecular weight excluding hydrogens is 266 g/mol. The molecule has 1 amide bonds. The van der Waals surface area contributed by atoms with Crippen molar-refractivity contribution in [2.24, 2.45) is 0 Å². The topological polar surface area (TPSA) is 55.4 Å². The molecule has 21 heavy (non-hydrogen) atoms. The Hall–Kier alpha value is -1.84. The second-order valence-electron chi connectivity index (χ2n) is 6.65. The molecule has 0 spiro atoms. The Balaban J connectivity index is 2.05. The molecule has 1 N–H and O–H groups in total. The van der Waals surface area contributed by atoms with E-state index in [4.69, 9.17) is 4.74 Å². The molecule has 0 aliphatic heterocycles. The van der Waals surface area contributed by atoms with Crippen molar-refractivity contribution in [1.29, 1.82) is 0 Å². The van der Waals surface area contributed by atoms with Gasteiger partial charge in [0.15, 0.2) is 5.78 Å². The van der Waals surface area contributed by atoms with Gasteiger partial charge in [0, 0.05) is 6.42 Å². The number of alkyl carbamates (subject to hydrolysis) is 1. The Morgan fingerprint density at radius 2 is 2.00 bits per heavy atom. The Labute approximate surface area is 125 Å². The summed E-state index contributed by atoms with van der Waals surface area (Å²) in [7, 11) is 0. The Morgan fingerprint density at radius 3 is 2.67 bits per heavy atom. The van der Waals surface area contributed by atoms with Gasteiger partial charge in [-0.15, -0.1) is 0 Å². The van der Waals surface area contributed by atoms with Gasteiger partial charge in [-0.25, -0.2) is 4.79 Å². The minimum Gasteiger partial charge on any atom is -0.444 e. The molecule has 4 heteroatoms. The zero-order chi connectivity index (χ0) is 15.6. The molecule has 0 fully saturated rings. The predicted octanol–water partition coefficient (Wildman–Crippen LogP) is 2.95. The summed E-state index contributed by atoms with van der Waals surface area (Å²) in [5.74, 6) is 0.0449. The van der Waals surface area contributed by atoms with Crippen molar-refractivity contribution >= 4 is 11.9 Å². The lowest BCUT2D eigenvalue weighted by Crippen LogP contribution is -2.43. The number of carbonyl (C=O) groups excluding carboxylic acids is 2. The van der Waals surface area contributed by atoms with Gasteiger partial charge in [0.05, 0.1) is 6.04 Å².